The molecule has 0 amide bonds. The molecule has 0 atom stereocenters. The van der Waals surface area contributed by atoms with Crippen molar-refractivity contribution < 1.29 is 9.90 Å². The lowest BCUT2D eigenvalue weighted by atomic mass is 10.2. The van der Waals surface area contributed by atoms with Crippen molar-refractivity contribution in [2.75, 3.05) is 5.73 Å². The van der Waals surface area contributed by atoms with Crippen LogP contribution >= 0.6 is 37.5 Å². The molecule has 0 aliphatic rings. The summed E-state index contributed by atoms with van der Waals surface area (Å²) in [7, 11) is 0. The molecular formula is C6H6N2O2S3. The average Bonchev–Trinajstić information content (AvgIpc) is 1.99. The van der Waals surface area contributed by atoms with Gasteiger partial charge in [0.1, 0.15) is 16.0 Å². The van der Waals surface area contributed by atoms with Crippen molar-refractivity contribution in [1.82, 2.24) is 4.98 Å². The second-order valence-electron chi connectivity index (χ2n) is 2.25. The van der Waals surface area contributed by atoms with E-state index in [1.807, 2.05) is 0 Å². The zero-order valence-corrected chi connectivity index (χ0v) is 8.84. The number of hydrogen-bond acceptors (Lipinski definition) is 5. The third-order valence-electron chi connectivity index (χ3n) is 1.41. The Balaban J connectivity index is 3.63. The number of nitrogens with two attached hydrogens (primary N) is 1. The molecule has 0 saturated heterocycles. The molecule has 4 N–H and O–H groups in total. The van der Waals surface area contributed by atoms with Gasteiger partial charge in [0.05, 0.1) is 4.90 Å². The predicted octanol–water partition coefficient (Wildman–Crippen LogP) is 1.60. The quantitative estimate of drug-likeness (QED) is 0.378. The second kappa shape index (κ2) is 3.60. The minimum absolute atomic E-state index is 0.0136. The fraction of sp³-hybridized carbons (Fsp3) is 0. The van der Waals surface area contributed by atoms with Crippen LogP contribution in [0.15, 0.2) is 9.79 Å². The Labute approximate surface area is 90.0 Å². The maximum absolute atomic E-state index is 10.7. The number of hydrogen-bond donors (Lipinski definition) is 5. The van der Waals surface area contributed by atoms with Gasteiger partial charge in [-0.05, 0) is 0 Å². The van der Waals surface area contributed by atoms with E-state index in [-0.39, 0.29) is 20.9 Å². The molecule has 70 valence electrons. The van der Waals surface area contributed by atoms with Crippen molar-refractivity contribution in [2.45, 2.75) is 9.79 Å². The smallest absolute Gasteiger partial charge is 0.340 e. The standard InChI is InChI=1S/C6H6N2O2S3/c7-4-1(6(9)10)2(11)3(12)5(13)8-4/h12H,(H,9,10)(H4,7,8,11,13). The monoisotopic (exact) mass is 234 g/mol. The van der Waals surface area contributed by atoms with Crippen LogP contribution in [0.25, 0.3) is 0 Å². The lowest BCUT2D eigenvalue weighted by Crippen LogP contribution is -2.06. The third-order valence-corrected chi connectivity index (χ3v) is 2.94. The normalized spacial score (nSPS) is 10.0. The number of anilines is 1. The first-order valence-electron chi connectivity index (χ1n) is 3.12. The first-order valence-corrected chi connectivity index (χ1v) is 4.42. The summed E-state index contributed by atoms with van der Waals surface area (Å²) < 4.78 is 0.274. The summed E-state index contributed by atoms with van der Waals surface area (Å²) in [5.41, 5.74) is 5.30. The third kappa shape index (κ3) is 1.82. The molecule has 0 bridgehead atoms. The summed E-state index contributed by atoms with van der Waals surface area (Å²) in [6.07, 6.45) is 0. The van der Waals surface area contributed by atoms with Crippen LogP contribution in [-0.2, 0) is 0 Å². The minimum atomic E-state index is -1.16. The Morgan fingerprint density at radius 1 is 1.46 bits per heavy atom. The van der Waals surface area contributed by atoms with Crippen molar-refractivity contribution in [3.8, 4) is 0 Å². The molecule has 0 fully saturated rings. The highest BCUT2D eigenvalue weighted by atomic mass is 32.1. The number of carboxylic acid groups (broad SMARTS) is 1. The van der Waals surface area contributed by atoms with Gasteiger partial charge in [-0.2, -0.15) is 0 Å². The van der Waals surface area contributed by atoms with Crippen LogP contribution in [-0.4, -0.2) is 16.1 Å². The molecule has 0 aliphatic carbocycles. The van der Waals surface area contributed by atoms with Crippen molar-refractivity contribution >= 4 is 49.3 Å². The van der Waals surface area contributed by atoms with Gasteiger partial charge in [-0.25, -0.2) is 4.79 Å². The van der Waals surface area contributed by atoms with Crippen LogP contribution < -0.4 is 5.73 Å². The number of aromatic nitrogens is 1. The zero-order chi connectivity index (χ0) is 10.2. The molecule has 0 spiro atoms. The number of carbonyl (C=O) groups is 1. The van der Waals surface area contributed by atoms with Gasteiger partial charge in [-0.1, -0.05) is 12.2 Å². The highest BCUT2D eigenvalue weighted by Gasteiger charge is 2.15. The lowest BCUT2D eigenvalue weighted by Gasteiger charge is -2.06. The highest BCUT2D eigenvalue weighted by Crippen LogP contribution is 2.26. The van der Waals surface area contributed by atoms with E-state index in [4.69, 9.17) is 23.1 Å². The van der Waals surface area contributed by atoms with Gasteiger partial charge in [-0.15, -0.1) is 25.3 Å². The molecule has 4 nitrogen and oxygen atoms in total. The van der Waals surface area contributed by atoms with Gasteiger partial charge >= 0.3 is 5.97 Å². The Morgan fingerprint density at radius 3 is 2.46 bits per heavy atom. The van der Waals surface area contributed by atoms with Crippen LogP contribution in [0.4, 0.5) is 5.82 Å². The number of carboxylic acids is 1. The Bertz CT molecular complexity index is 427. The van der Waals surface area contributed by atoms with E-state index in [9.17, 15) is 4.79 Å². The molecular weight excluding hydrogens is 228 g/mol. The van der Waals surface area contributed by atoms with Crippen molar-refractivity contribution in [2.24, 2.45) is 0 Å². The van der Waals surface area contributed by atoms with Gasteiger partial charge in [0.25, 0.3) is 0 Å². The SMILES string of the molecule is Nc1[nH]c(=S)c(S)c(S)c1C(=O)O. The van der Waals surface area contributed by atoms with Crippen molar-refractivity contribution in [1.29, 1.82) is 0 Å². The van der Waals surface area contributed by atoms with Gasteiger partial charge in [0.15, 0.2) is 0 Å². The van der Waals surface area contributed by atoms with Crippen LogP contribution in [0.1, 0.15) is 10.4 Å². The van der Waals surface area contributed by atoms with E-state index < -0.39 is 5.97 Å². The molecule has 7 heteroatoms. The molecule has 13 heavy (non-hydrogen) atoms. The maximum Gasteiger partial charge on any atom is 0.340 e. The zero-order valence-electron chi connectivity index (χ0n) is 6.24. The molecule has 1 rings (SSSR count). The summed E-state index contributed by atoms with van der Waals surface area (Å²) in [5, 5.41) is 8.74. The van der Waals surface area contributed by atoms with E-state index in [1.54, 1.807) is 0 Å². The van der Waals surface area contributed by atoms with E-state index in [2.05, 4.69) is 30.2 Å². The molecule has 0 aliphatic heterocycles. The fourth-order valence-corrected chi connectivity index (χ4v) is 1.60. The van der Waals surface area contributed by atoms with Gasteiger partial charge in [-0.3, -0.25) is 0 Å². The molecule has 0 saturated carbocycles. The number of thiol groups is 2. The number of aromatic amines is 1. The molecule has 0 radical (unpaired) electrons. The number of aromatic carboxylic acids is 1. The van der Waals surface area contributed by atoms with Gasteiger partial charge < -0.3 is 15.8 Å². The van der Waals surface area contributed by atoms with Crippen LogP contribution in [0.2, 0.25) is 0 Å². The summed E-state index contributed by atoms with van der Waals surface area (Å²) in [4.78, 5) is 13.7. The molecule has 1 aromatic heterocycles. The van der Waals surface area contributed by atoms with Crippen molar-refractivity contribution in [3.05, 3.63) is 10.2 Å². The van der Waals surface area contributed by atoms with Gasteiger partial charge in [0.2, 0.25) is 0 Å². The Morgan fingerprint density at radius 2 is 2.00 bits per heavy atom. The minimum Gasteiger partial charge on any atom is -0.478 e. The Kier molecular flexibility index (Phi) is 2.89. The first kappa shape index (κ1) is 10.4. The van der Waals surface area contributed by atoms with E-state index in [1.165, 1.54) is 0 Å². The van der Waals surface area contributed by atoms with Crippen LogP contribution in [0.3, 0.4) is 0 Å². The summed E-state index contributed by atoms with van der Waals surface area (Å²) in [6, 6.07) is 0. The predicted molar refractivity (Wildman–Crippen MR) is 57.5 cm³/mol. The highest BCUT2D eigenvalue weighted by molar-refractivity contribution is 7.84. The molecule has 0 unspecified atom stereocenters. The number of H-pyrrole nitrogens is 1. The second-order valence-corrected chi connectivity index (χ2v) is 3.55. The topological polar surface area (TPSA) is 79.1 Å². The molecule has 0 aromatic carbocycles. The lowest BCUT2D eigenvalue weighted by molar-refractivity contribution is 0.0693. The molecule has 1 heterocycles. The summed E-state index contributed by atoms with van der Waals surface area (Å²) in [6.45, 7) is 0. The van der Waals surface area contributed by atoms with E-state index in [0.29, 0.717) is 4.90 Å². The van der Waals surface area contributed by atoms with Gasteiger partial charge in [0, 0.05) is 4.90 Å². The number of rotatable bonds is 1. The Hall–Kier alpha value is -0.660. The number of pyridine rings is 1. The summed E-state index contributed by atoms with van der Waals surface area (Å²) >= 11 is 12.8. The maximum atomic E-state index is 10.7. The number of nitrogens with one attached hydrogen (secondary N) is 1. The fourth-order valence-electron chi connectivity index (χ4n) is 0.814. The van der Waals surface area contributed by atoms with E-state index in [0.717, 1.165) is 0 Å². The molecule has 1 aromatic rings. The van der Waals surface area contributed by atoms with Crippen molar-refractivity contribution in [3.63, 3.8) is 0 Å². The number of nitrogen functional groups attached to an aromatic ring is 1. The van der Waals surface area contributed by atoms with E-state index >= 15 is 0 Å². The van der Waals surface area contributed by atoms with Crippen LogP contribution in [0.5, 0.6) is 0 Å². The van der Waals surface area contributed by atoms with Crippen LogP contribution in [0, 0.1) is 4.64 Å². The largest absolute Gasteiger partial charge is 0.478 e. The average molecular weight is 234 g/mol. The summed E-state index contributed by atoms with van der Waals surface area (Å²) in [5.74, 6) is -1.18. The first-order chi connectivity index (χ1) is 5.95.